The standard InChI is InChI=1S/C25H34N3O3/c1-16-11-17(2)21(18(3)12-16)28-15-27-14-24(31-13-20(27)26-28)23(6)8-7-19(22(23,4)5)25(24)29-9-10-30-25/h11-12,15,19H,7-10,13-14H2,1-6H3/q+1/t19-,23+,24-/m0/s1. The van der Waals surface area contributed by atoms with Gasteiger partial charge in [0.1, 0.15) is 18.8 Å². The molecule has 31 heavy (non-hydrogen) atoms. The minimum absolute atomic E-state index is 0.0303. The highest BCUT2D eigenvalue weighted by Gasteiger charge is 2.84. The normalized spacial score (nSPS) is 34.7. The molecule has 1 saturated heterocycles. The lowest BCUT2D eigenvalue weighted by Gasteiger charge is -2.53. The van der Waals surface area contributed by atoms with E-state index in [9.17, 15) is 0 Å². The number of fused-ring (bicyclic) bond motifs is 6. The van der Waals surface area contributed by atoms with Crippen LogP contribution in [0.5, 0.6) is 0 Å². The first-order valence-corrected chi connectivity index (χ1v) is 11.6. The highest BCUT2D eigenvalue weighted by molar-refractivity contribution is 5.48. The molecule has 6 heteroatoms. The highest BCUT2D eigenvalue weighted by Crippen LogP contribution is 2.76. The van der Waals surface area contributed by atoms with Crippen molar-refractivity contribution in [1.29, 1.82) is 0 Å². The summed E-state index contributed by atoms with van der Waals surface area (Å²) in [5, 5.41) is 4.94. The van der Waals surface area contributed by atoms with E-state index in [4.69, 9.17) is 19.3 Å². The Morgan fingerprint density at radius 1 is 1.03 bits per heavy atom. The molecule has 0 N–H and O–H groups in total. The van der Waals surface area contributed by atoms with Gasteiger partial charge in [-0.1, -0.05) is 43.1 Å². The van der Waals surface area contributed by atoms with E-state index in [1.807, 2.05) is 4.68 Å². The van der Waals surface area contributed by atoms with Crippen LogP contribution in [0.2, 0.25) is 0 Å². The predicted octanol–water partition coefficient (Wildman–Crippen LogP) is 3.55. The first kappa shape index (κ1) is 19.9. The molecular formula is C25H34N3O3+. The van der Waals surface area contributed by atoms with Gasteiger partial charge >= 0.3 is 5.82 Å². The average Bonchev–Trinajstić information content (AvgIpc) is 3.39. The monoisotopic (exact) mass is 424 g/mol. The van der Waals surface area contributed by atoms with Crippen LogP contribution in [0.4, 0.5) is 0 Å². The molecule has 4 aliphatic rings. The van der Waals surface area contributed by atoms with Crippen molar-refractivity contribution in [3.63, 3.8) is 0 Å². The summed E-state index contributed by atoms with van der Waals surface area (Å²) in [7, 11) is 0. The molecule has 3 fully saturated rings. The molecule has 3 atom stereocenters. The van der Waals surface area contributed by atoms with Gasteiger partial charge in [0.25, 0.3) is 0 Å². The van der Waals surface area contributed by atoms with Gasteiger partial charge in [-0.25, -0.2) is 4.57 Å². The van der Waals surface area contributed by atoms with E-state index in [0.29, 0.717) is 32.3 Å². The van der Waals surface area contributed by atoms with Crippen molar-refractivity contribution >= 4 is 0 Å². The molecular weight excluding hydrogens is 390 g/mol. The molecule has 2 saturated carbocycles. The summed E-state index contributed by atoms with van der Waals surface area (Å²) in [5.74, 6) is 0.639. The second-order valence-electron chi connectivity index (χ2n) is 11.0. The predicted molar refractivity (Wildman–Crippen MR) is 115 cm³/mol. The summed E-state index contributed by atoms with van der Waals surface area (Å²) in [6.07, 6.45) is 4.42. The Hall–Kier alpha value is -1.76. The molecule has 1 aromatic carbocycles. The van der Waals surface area contributed by atoms with Crippen LogP contribution in [0, 0.1) is 37.5 Å². The van der Waals surface area contributed by atoms with Gasteiger partial charge in [0.2, 0.25) is 12.1 Å². The van der Waals surface area contributed by atoms with Crippen molar-refractivity contribution in [2.24, 2.45) is 16.7 Å². The van der Waals surface area contributed by atoms with Gasteiger partial charge < -0.3 is 14.2 Å². The number of hydrogen-bond acceptors (Lipinski definition) is 4. The summed E-state index contributed by atoms with van der Waals surface area (Å²) in [6.45, 7) is 16.1. The van der Waals surface area contributed by atoms with Crippen LogP contribution < -0.4 is 4.57 Å². The van der Waals surface area contributed by atoms with E-state index in [0.717, 1.165) is 24.4 Å². The zero-order chi connectivity index (χ0) is 21.8. The summed E-state index contributed by atoms with van der Waals surface area (Å²) in [5.41, 5.74) is 4.45. The Kier molecular flexibility index (Phi) is 3.83. The Morgan fingerprint density at radius 2 is 1.71 bits per heavy atom. The summed E-state index contributed by atoms with van der Waals surface area (Å²) >= 11 is 0. The molecule has 1 aromatic heterocycles. The van der Waals surface area contributed by atoms with Crippen molar-refractivity contribution in [2.75, 3.05) is 13.2 Å². The Balaban J connectivity index is 1.47. The van der Waals surface area contributed by atoms with Crippen LogP contribution in [0.15, 0.2) is 18.5 Å². The van der Waals surface area contributed by atoms with E-state index in [1.165, 1.54) is 16.7 Å². The minimum atomic E-state index is -0.661. The van der Waals surface area contributed by atoms with Gasteiger partial charge in [-0.2, -0.15) is 0 Å². The number of nitrogens with zero attached hydrogens (tertiary/aromatic N) is 3. The van der Waals surface area contributed by atoms with Crippen LogP contribution in [0.1, 0.15) is 56.1 Å². The minimum Gasteiger partial charge on any atom is -0.354 e. The molecule has 3 heterocycles. The third-order valence-corrected chi connectivity index (χ3v) is 9.36. The Bertz CT molecular complexity index is 1060. The van der Waals surface area contributed by atoms with Gasteiger partial charge in [-0.05, 0) is 50.2 Å². The van der Waals surface area contributed by atoms with Crippen LogP contribution >= 0.6 is 0 Å². The van der Waals surface area contributed by atoms with Crippen LogP contribution in [0.25, 0.3) is 5.69 Å². The maximum atomic E-state index is 6.85. The fourth-order valence-electron chi connectivity index (χ4n) is 7.73. The third-order valence-electron chi connectivity index (χ3n) is 9.36. The van der Waals surface area contributed by atoms with Gasteiger partial charge in [0.05, 0.1) is 13.2 Å². The molecule has 0 unspecified atom stereocenters. The quantitative estimate of drug-likeness (QED) is 0.657. The first-order valence-electron chi connectivity index (χ1n) is 11.6. The number of aromatic nitrogens is 3. The number of ether oxygens (including phenoxy) is 3. The van der Waals surface area contributed by atoms with Crippen LogP contribution in [0.3, 0.4) is 0 Å². The van der Waals surface area contributed by atoms with Crippen LogP contribution in [-0.4, -0.2) is 34.4 Å². The van der Waals surface area contributed by atoms with Crippen molar-refractivity contribution in [2.45, 2.75) is 78.9 Å². The number of benzene rings is 1. The van der Waals surface area contributed by atoms with Gasteiger partial charge in [0.15, 0.2) is 5.60 Å². The second-order valence-corrected chi connectivity index (χ2v) is 11.0. The lowest BCUT2D eigenvalue weighted by atomic mass is 9.63. The molecule has 0 radical (unpaired) electrons. The van der Waals surface area contributed by atoms with E-state index in [1.54, 1.807) is 0 Å². The SMILES string of the molecule is Cc1cc(C)c(-n2c[n+]3c(n2)CO[C@]2(C3)C3(OCCO3)[C@H]3CC[C@]2(C)C3(C)C)c(C)c1. The first-order chi connectivity index (χ1) is 14.7. The molecule has 2 aromatic rings. The number of rotatable bonds is 1. The molecule has 6 nitrogen and oxygen atoms in total. The van der Waals surface area contributed by atoms with Crippen LogP contribution in [-0.2, 0) is 27.4 Å². The summed E-state index contributed by atoms with van der Waals surface area (Å²) in [6, 6.07) is 4.45. The van der Waals surface area contributed by atoms with Gasteiger partial charge in [0, 0.05) is 16.4 Å². The fraction of sp³-hybridized carbons (Fsp3) is 0.680. The summed E-state index contributed by atoms with van der Waals surface area (Å²) in [4.78, 5) is 0. The topological polar surface area (TPSA) is 49.4 Å². The molecule has 166 valence electrons. The highest BCUT2D eigenvalue weighted by atomic mass is 16.8. The molecule has 2 aliphatic heterocycles. The van der Waals surface area contributed by atoms with E-state index in [2.05, 4.69) is 64.6 Å². The van der Waals surface area contributed by atoms with E-state index < -0.39 is 11.4 Å². The lowest BCUT2D eigenvalue weighted by Crippen LogP contribution is -2.71. The second kappa shape index (κ2) is 5.97. The van der Waals surface area contributed by atoms with Gasteiger partial charge in [-0.3, -0.25) is 0 Å². The van der Waals surface area contributed by atoms with Crippen molar-refractivity contribution in [3.05, 3.63) is 41.0 Å². The van der Waals surface area contributed by atoms with Gasteiger partial charge in [-0.15, -0.1) is 0 Å². The molecule has 2 spiro atoms. The summed E-state index contributed by atoms with van der Waals surface area (Å²) < 4.78 is 24.2. The fourth-order valence-corrected chi connectivity index (χ4v) is 7.73. The average molecular weight is 425 g/mol. The molecule has 0 amide bonds. The largest absolute Gasteiger partial charge is 0.354 e. The number of hydrogen-bond donors (Lipinski definition) is 0. The van der Waals surface area contributed by atoms with Crippen molar-refractivity contribution in [3.8, 4) is 5.69 Å². The maximum Gasteiger partial charge on any atom is 0.304 e. The van der Waals surface area contributed by atoms with Crippen molar-refractivity contribution in [1.82, 2.24) is 9.78 Å². The molecule has 6 rings (SSSR count). The maximum absolute atomic E-state index is 6.85. The molecule has 2 bridgehead atoms. The Morgan fingerprint density at radius 3 is 2.39 bits per heavy atom. The molecule has 2 aliphatic carbocycles. The van der Waals surface area contributed by atoms with E-state index >= 15 is 0 Å². The zero-order valence-corrected chi connectivity index (χ0v) is 19.6. The zero-order valence-electron chi connectivity index (χ0n) is 19.6. The van der Waals surface area contributed by atoms with Crippen molar-refractivity contribution < 1.29 is 18.8 Å². The van der Waals surface area contributed by atoms with E-state index in [-0.39, 0.29) is 10.8 Å². The number of aryl methyl sites for hydroxylation is 3. The Labute approximate surface area is 184 Å². The smallest absolute Gasteiger partial charge is 0.304 e. The lowest BCUT2D eigenvalue weighted by molar-refractivity contribution is -0.742. The third kappa shape index (κ3) is 2.14.